The van der Waals surface area contributed by atoms with E-state index >= 15 is 0 Å². The van der Waals surface area contributed by atoms with E-state index in [9.17, 15) is 9.59 Å². The second-order valence-electron chi connectivity index (χ2n) is 5.82. The topological polar surface area (TPSA) is 48.3 Å². The highest BCUT2D eigenvalue weighted by atomic mass is 16.5. The van der Waals surface area contributed by atoms with E-state index in [4.69, 9.17) is 4.74 Å². The smallest absolute Gasteiger partial charge is 0.150 e. The van der Waals surface area contributed by atoms with Gasteiger partial charge in [-0.1, -0.05) is 0 Å². The third-order valence-electron chi connectivity index (χ3n) is 4.42. The fourth-order valence-corrected chi connectivity index (χ4v) is 3.21. The van der Waals surface area contributed by atoms with Gasteiger partial charge in [-0.2, -0.15) is 0 Å². The number of aldehydes is 2. The minimum Gasteiger partial charge on any atom is -0.497 e. The van der Waals surface area contributed by atoms with Crippen molar-refractivity contribution in [1.29, 1.82) is 0 Å². The zero-order valence-electron chi connectivity index (χ0n) is 13.6. The molecule has 0 aliphatic rings. The number of carbonyl (C=O) groups is 2. The first-order valence-electron chi connectivity index (χ1n) is 7.88. The Bertz CT molecular complexity index is 1040. The number of ether oxygens (including phenoxy) is 1. The van der Waals surface area contributed by atoms with Crippen molar-refractivity contribution in [2.24, 2.45) is 0 Å². The Hall–Kier alpha value is -3.40. The van der Waals surface area contributed by atoms with Crippen molar-refractivity contribution >= 4 is 34.4 Å². The Kier molecular flexibility index (Phi) is 3.58. The molecule has 0 spiro atoms. The minimum atomic E-state index is 0.609. The SMILES string of the molecule is COc1ccc(-n2c3ccc(C=O)cc3c3cc(C=O)ccc32)cc1. The van der Waals surface area contributed by atoms with E-state index in [1.807, 2.05) is 48.5 Å². The molecule has 4 heteroatoms. The van der Waals surface area contributed by atoms with Gasteiger partial charge in [-0.15, -0.1) is 0 Å². The van der Waals surface area contributed by atoms with Crippen LogP contribution < -0.4 is 4.74 Å². The van der Waals surface area contributed by atoms with Gasteiger partial charge in [0.2, 0.25) is 0 Å². The van der Waals surface area contributed by atoms with Gasteiger partial charge < -0.3 is 9.30 Å². The molecule has 4 nitrogen and oxygen atoms in total. The first kappa shape index (κ1) is 15.1. The van der Waals surface area contributed by atoms with E-state index in [1.165, 1.54) is 0 Å². The van der Waals surface area contributed by atoms with Gasteiger partial charge in [-0.3, -0.25) is 9.59 Å². The number of carbonyl (C=O) groups excluding carboxylic acids is 2. The Morgan fingerprint density at radius 1 is 0.760 bits per heavy atom. The molecule has 1 aromatic heterocycles. The van der Waals surface area contributed by atoms with Crippen molar-refractivity contribution in [2.45, 2.75) is 0 Å². The average Bonchev–Trinajstić information content (AvgIpc) is 3.00. The van der Waals surface area contributed by atoms with Crippen molar-refractivity contribution in [3.8, 4) is 11.4 Å². The largest absolute Gasteiger partial charge is 0.497 e. The van der Waals surface area contributed by atoms with E-state index in [0.717, 1.165) is 45.8 Å². The van der Waals surface area contributed by atoms with Crippen LogP contribution in [0.2, 0.25) is 0 Å². The fraction of sp³-hybridized carbons (Fsp3) is 0.0476. The molecule has 4 aromatic rings. The molecule has 0 aliphatic carbocycles. The van der Waals surface area contributed by atoms with Gasteiger partial charge in [-0.25, -0.2) is 0 Å². The average molecular weight is 329 g/mol. The van der Waals surface area contributed by atoms with Gasteiger partial charge in [-0.05, 0) is 60.7 Å². The summed E-state index contributed by atoms with van der Waals surface area (Å²) in [6.07, 6.45) is 1.67. The first-order valence-corrected chi connectivity index (χ1v) is 7.88. The number of fused-ring (bicyclic) bond motifs is 3. The number of rotatable bonds is 4. The van der Waals surface area contributed by atoms with E-state index in [0.29, 0.717) is 11.1 Å². The molecule has 0 atom stereocenters. The molecule has 4 rings (SSSR count). The zero-order valence-corrected chi connectivity index (χ0v) is 13.6. The van der Waals surface area contributed by atoms with Gasteiger partial charge in [0.1, 0.15) is 18.3 Å². The molecule has 0 aliphatic heterocycles. The molecule has 0 bridgehead atoms. The summed E-state index contributed by atoms with van der Waals surface area (Å²) in [6.45, 7) is 0. The lowest BCUT2D eigenvalue weighted by molar-refractivity contribution is 0.111. The van der Waals surface area contributed by atoms with E-state index in [2.05, 4.69) is 4.57 Å². The number of methoxy groups -OCH3 is 1. The predicted octanol–water partition coefficient (Wildman–Crippen LogP) is 4.42. The van der Waals surface area contributed by atoms with E-state index in [1.54, 1.807) is 19.2 Å². The number of nitrogens with zero attached hydrogens (tertiary/aromatic N) is 1. The third-order valence-corrected chi connectivity index (χ3v) is 4.42. The van der Waals surface area contributed by atoms with Crippen molar-refractivity contribution in [3.63, 3.8) is 0 Å². The lowest BCUT2D eigenvalue weighted by atomic mass is 10.1. The molecule has 0 amide bonds. The van der Waals surface area contributed by atoms with Crippen molar-refractivity contribution < 1.29 is 14.3 Å². The van der Waals surface area contributed by atoms with Crippen LogP contribution in [0.1, 0.15) is 20.7 Å². The third kappa shape index (κ3) is 2.39. The molecule has 1 heterocycles. The molecule has 122 valence electrons. The maximum atomic E-state index is 11.2. The molecule has 0 saturated carbocycles. The maximum absolute atomic E-state index is 11.2. The highest BCUT2D eigenvalue weighted by Crippen LogP contribution is 2.33. The molecule has 0 N–H and O–H groups in total. The lowest BCUT2D eigenvalue weighted by Crippen LogP contribution is -1.94. The standard InChI is InChI=1S/C21H15NO3/c1-25-17-6-4-16(5-7-17)22-20-8-2-14(12-23)10-18(20)19-11-15(13-24)3-9-21(19)22/h2-13H,1H3. The summed E-state index contributed by atoms with van der Waals surface area (Å²) in [6, 6.07) is 19.0. The molecular formula is C21H15NO3. The normalized spacial score (nSPS) is 10.9. The Balaban J connectivity index is 2.10. The van der Waals surface area contributed by atoms with Crippen LogP contribution in [0.25, 0.3) is 27.5 Å². The summed E-state index contributed by atoms with van der Waals surface area (Å²) < 4.78 is 7.35. The van der Waals surface area contributed by atoms with Gasteiger partial charge >= 0.3 is 0 Å². The summed E-state index contributed by atoms with van der Waals surface area (Å²) in [5, 5.41) is 1.89. The van der Waals surface area contributed by atoms with Gasteiger partial charge in [0.05, 0.1) is 18.1 Å². The van der Waals surface area contributed by atoms with Gasteiger partial charge in [0.15, 0.2) is 0 Å². The molecule has 0 fully saturated rings. The second-order valence-corrected chi connectivity index (χ2v) is 5.82. The predicted molar refractivity (Wildman–Crippen MR) is 98.1 cm³/mol. The summed E-state index contributed by atoms with van der Waals surface area (Å²) in [4.78, 5) is 22.4. The minimum absolute atomic E-state index is 0.609. The second kappa shape index (κ2) is 5.91. The molecule has 25 heavy (non-hydrogen) atoms. The van der Waals surface area contributed by atoms with E-state index < -0.39 is 0 Å². The number of aromatic nitrogens is 1. The van der Waals surface area contributed by atoms with Crippen molar-refractivity contribution in [1.82, 2.24) is 4.57 Å². The van der Waals surface area contributed by atoms with E-state index in [-0.39, 0.29) is 0 Å². The van der Waals surface area contributed by atoms with Gasteiger partial charge in [0.25, 0.3) is 0 Å². The Morgan fingerprint density at radius 2 is 1.28 bits per heavy atom. The van der Waals surface area contributed by atoms with Crippen molar-refractivity contribution in [2.75, 3.05) is 7.11 Å². The highest BCUT2D eigenvalue weighted by Gasteiger charge is 2.13. The quantitative estimate of drug-likeness (QED) is 0.521. The maximum Gasteiger partial charge on any atom is 0.150 e. The zero-order chi connectivity index (χ0) is 17.4. The first-order chi connectivity index (χ1) is 12.2. The monoisotopic (exact) mass is 329 g/mol. The van der Waals surface area contributed by atoms with Crippen LogP contribution in [-0.4, -0.2) is 24.2 Å². The van der Waals surface area contributed by atoms with Crippen molar-refractivity contribution in [3.05, 3.63) is 71.8 Å². The molecule has 0 unspecified atom stereocenters. The number of hydrogen-bond acceptors (Lipinski definition) is 3. The van der Waals surface area contributed by atoms with Gasteiger partial charge in [0, 0.05) is 27.6 Å². The number of benzene rings is 3. The Labute approximate surface area is 144 Å². The summed E-state index contributed by atoms with van der Waals surface area (Å²) >= 11 is 0. The van der Waals surface area contributed by atoms with Crippen LogP contribution in [0.15, 0.2) is 60.7 Å². The van der Waals surface area contributed by atoms with Crippen LogP contribution >= 0.6 is 0 Å². The molecule has 0 radical (unpaired) electrons. The van der Waals surface area contributed by atoms with Crippen LogP contribution in [0.5, 0.6) is 5.75 Å². The Morgan fingerprint density at radius 3 is 1.72 bits per heavy atom. The molecular weight excluding hydrogens is 314 g/mol. The summed E-state index contributed by atoms with van der Waals surface area (Å²) in [7, 11) is 1.64. The summed E-state index contributed by atoms with van der Waals surface area (Å²) in [5.41, 5.74) is 4.16. The highest BCUT2D eigenvalue weighted by molar-refractivity contribution is 6.11. The summed E-state index contributed by atoms with van der Waals surface area (Å²) in [5.74, 6) is 0.788. The van der Waals surface area contributed by atoms with Crippen LogP contribution in [-0.2, 0) is 0 Å². The number of hydrogen-bond donors (Lipinski definition) is 0. The van der Waals surface area contributed by atoms with Crippen LogP contribution in [0.4, 0.5) is 0 Å². The van der Waals surface area contributed by atoms with Crippen LogP contribution in [0.3, 0.4) is 0 Å². The lowest BCUT2D eigenvalue weighted by Gasteiger charge is -2.09. The molecule has 0 saturated heterocycles. The fourth-order valence-electron chi connectivity index (χ4n) is 3.21. The van der Waals surface area contributed by atoms with Crippen LogP contribution in [0, 0.1) is 0 Å². The molecule has 3 aromatic carbocycles.